The predicted molar refractivity (Wildman–Crippen MR) is 81.6 cm³/mol. The molecule has 1 N–H and O–H groups in total. The number of hydrogen-bond acceptors (Lipinski definition) is 7. The molecule has 0 fully saturated rings. The van der Waals surface area contributed by atoms with Crippen molar-refractivity contribution in [2.24, 2.45) is 0 Å². The van der Waals surface area contributed by atoms with E-state index in [1.165, 1.54) is 30.0 Å². The van der Waals surface area contributed by atoms with E-state index < -0.39 is 11.7 Å². The van der Waals surface area contributed by atoms with Gasteiger partial charge < -0.3 is 4.74 Å². The third kappa shape index (κ3) is 4.78. The maximum absolute atomic E-state index is 13.1. The minimum atomic E-state index is -0.490. The molecule has 0 aliphatic heterocycles. The number of amides is 1. The Labute approximate surface area is 134 Å². The SMILES string of the molecule is CCOC(=O)CSc1nnc(NC(=O)c2cccc(F)c2)s1. The fourth-order valence-corrected chi connectivity index (χ4v) is 2.99. The van der Waals surface area contributed by atoms with Crippen molar-refractivity contribution in [1.29, 1.82) is 0 Å². The maximum atomic E-state index is 13.1. The van der Waals surface area contributed by atoms with E-state index in [1.54, 1.807) is 6.92 Å². The van der Waals surface area contributed by atoms with E-state index in [-0.39, 0.29) is 22.4 Å². The zero-order chi connectivity index (χ0) is 15.9. The molecular formula is C13H12FN3O3S2. The number of esters is 1. The Morgan fingerprint density at radius 3 is 2.95 bits per heavy atom. The van der Waals surface area contributed by atoms with Crippen molar-refractivity contribution >= 4 is 40.1 Å². The van der Waals surface area contributed by atoms with E-state index in [1.807, 2.05) is 0 Å². The number of thioether (sulfide) groups is 1. The van der Waals surface area contributed by atoms with E-state index in [0.29, 0.717) is 10.9 Å². The molecule has 0 atom stereocenters. The van der Waals surface area contributed by atoms with Gasteiger partial charge >= 0.3 is 5.97 Å². The molecule has 0 spiro atoms. The molecule has 6 nitrogen and oxygen atoms in total. The van der Waals surface area contributed by atoms with Gasteiger partial charge in [0.25, 0.3) is 5.91 Å². The second-order valence-electron chi connectivity index (χ2n) is 3.93. The number of nitrogens with one attached hydrogen (secondary N) is 1. The lowest BCUT2D eigenvalue weighted by atomic mass is 10.2. The largest absolute Gasteiger partial charge is 0.465 e. The van der Waals surface area contributed by atoms with Gasteiger partial charge in [0.1, 0.15) is 5.82 Å². The summed E-state index contributed by atoms with van der Waals surface area (Å²) in [6.07, 6.45) is 0. The Hall–Kier alpha value is -2.00. The van der Waals surface area contributed by atoms with Gasteiger partial charge in [0.05, 0.1) is 12.4 Å². The Kier molecular flexibility index (Phi) is 5.84. The standard InChI is InChI=1S/C13H12FN3O3S2/c1-2-20-10(18)7-21-13-17-16-12(22-13)15-11(19)8-4-3-5-9(14)6-8/h3-6H,2,7H2,1H3,(H,15,16,19). The van der Waals surface area contributed by atoms with E-state index in [0.717, 1.165) is 17.4 Å². The number of anilines is 1. The van der Waals surface area contributed by atoms with Crippen LogP contribution in [-0.4, -0.2) is 34.4 Å². The molecule has 1 aromatic heterocycles. The Morgan fingerprint density at radius 1 is 1.41 bits per heavy atom. The van der Waals surface area contributed by atoms with Crippen LogP contribution >= 0.6 is 23.1 Å². The van der Waals surface area contributed by atoms with Crippen LogP contribution in [0.1, 0.15) is 17.3 Å². The molecule has 22 heavy (non-hydrogen) atoms. The molecule has 9 heteroatoms. The van der Waals surface area contributed by atoms with Crippen molar-refractivity contribution in [2.75, 3.05) is 17.7 Å². The Morgan fingerprint density at radius 2 is 2.23 bits per heavy atom. The lowest BCUT2D eigenvalue weighted by molar-refractivity contribution is -0.139. The molecule has 1 aromatic carbocycles. The fraction of sp³-hybridized carbons (Fsp3) is 0.231. The number of ether oxygens (including phenoxy) is 1. The minimum absolute atomic E-state index is 0.125. The molecule has 0 bridgehead atoms. The fourth-order valence-electron chi connectivity index (χ4n) is 1.44. The van der Waals surface area contributed by atoms with E-state index in [4.69, 9.17) is 4.74 Å². The number of benzene rings is 1. The van der Waals surface area contributed by atoms with Crippen LogP contribution in [0, 0.1) is 5.82 Å². The average molecular weight is 341 g/mol. The Balaban J connectivity index is 1.91. The highest BCUT2D eigenvalue weighted by Gasteiger charge is 2.12. The summed E-state index contributed by atoms with van der Waals surface area (Å²) in [5.41, 5.74) is 0.191. The molecule has 0 unspecified atom stereocenters. The van der Waals surface area contributed by atoms with E-state index >= 15 is 0 Å². The molecule has 0 saturated carbocycles. The number of rotatable bonds is 6. The topological polar surface area (TPSA) is 81.2 Å². The summed E-state index contributed by atoms with van der Waals surface area (Å²) in [4.78, 5) is 23.1. The van der Waals surface area contributed by atoms with E-state index in [9.17, 15) is 14.0 Å². The lowest BCUT2D eigenvalue weighted by Crippen LogP contribution is -2.11. The second kappa shape index (κ2) is 7.85. The normalized spacial score (nSPS) is 10.3. The lowest BCUT2D eigenvalue weighted by Gasteiger charge is -2.00. The van der Waals surface area contributed by atoms with Gasteiger partial charge in [-0.2, -0.15) is 0 Å². The number of carbonyl (C=O) groups excluding carboxylic acids is 2. The minimum Gasteiger partial charge on any atom is -0.465 e. The molecular weight excluding hydrogens is 329 g/mol. The summed E-state index contributed by atoms with van der Waals surface area (Å²) in [5.74, 6) is -1.18. The first-order valence-corrected chi connectivity index (χ1v) is 8.07. The molecule has 1 heterocycles. The van der Waals surface area contributed by atoms with Gasteiger partial charge in [0.2, 0.25) is 5.13 Å². The van der Waals surface area contributed by atoms with Crippen LogP contribution in [0.15, 0.2) is 28.6 Å². The Bertz CT molecular complexity index is 678. The molecule has 0 radical (unpaired) electrons. The first kappa shape index (κ1) is 16.4. The smallest absolute Gasteiger partial charge is 0.316 e. The van der Waals surface area contributed by atoms with Crippen molar-refractivity contribution in [2.45, 2.75) is 11.3 Å². The second-order valence-corrected chi connectivity index (χ2v) is 6.13. The molecule has 0 aliphatic rings. The first-order chi connectivity index (χ1) is 10.6. The van der Waals surface area contributed by atoms with Crippen molar-refractivity contribution in [3.05, 3.63) is 35.6 Å². The van der Waals surface area contributed by atoms with Gasteiger partial charge in [0.15, 0.2) is 4.34 Å². The van der Waals surface area contributed by atoms with Gasteiger partial charge in [-0.05, 0) is 25.1 Å². The molecule has 0 aliphatic carbocycles. The highest BCUT2D eigenvalue weighted by molar-refractivity contribution is 8.01. The number of halogens is 1. The first-order valence-electron chi connectivity index (χ1n) is 6.27. The number of aromatic nitrogens is 2. The zero-order valence-electron chi connectivity index (χ0n) is 11.5. The van der Waals surface area contributed by atoms with Crippen LogP contribution in [0.5, 0.6) is 0 Å². The van der Waals surface area contributed by atoms with Crippen LogP contribution in [0.2, 0.25) is 0 Å². The highest BCUT2D eigenvalue weighted by Crippen LogP contribution is 2.25. The third-order valence-electron chi connectivity index (χ3n) is 2.33. The van der Waals surface area contributed by atoms with Crippen molar-refractivity contribution in [3.63, 3.8) is 0 Å². The molecule has 2 aromatic rings. The maximum Gasteiger partial charge on any atom is 0.316 e. The molecule has 0 saturated heterocycles. The van der Waals surface area contributed by atoms with Gasteiger partial charge in [-0.1, -0.05) is 29.2 Å². The zero-order valence-corrected chi connectivity index (χ0v) is 13.2. The molecule has 1 amide bonds. The quantitative estimate of drug-likeness (QED) is 0.494. The summed E-state index contributed by atoms with van der Waals surface area (Å²) in [6.45, 7) is 2.05. The van der Waals surface area contributed by atoms with Crippen molar-refractivity contribution in [3.8, 4) is 0 Å². The van der Waals surface area contributed by atoms with Gasteiger partial charge in [-0.3, -0.25) is 14.9 Å². The van der Waals surface area contributed by atoms with Crippen LogP contribution in [0.25, 0.3) is 0 Å². The van der Waals surface area contributed by atoms with E-state index in [2.05, 4.69) is 15.5 Å². The van der Waals surface area contributed by atoms with Crippen LogP contribution < -0.4 is 5.32 Å². The summed E-state index contributed by atoms with van der Waals surface area (Å²) in [5, 5.41) is 10.5. The van der Waals surface area contributed by atoms with Crippen molar-refractivity contribution in [1.82, 2.24) is 10.2 Å². The summed E-state index contributed by atoms with van der Waals surface area (Å²) in [7, 11) is 0. The van der Waals surface area contributed by atoms with Gasteiger partial charge in [-0.15, -0.1) is 10.2 Å². The number of hydrogen-bond donors (Lipinski definition) is 1. The number of nitrogens with zero attached hydrogens (tertiary/aromatic N) is 2. The summed E-state index contributed by atoms with van der Waals surface area (Å²) in [6, 6.07) is 5.33. The van der Waals surface area contributed by atoms with Crippen LogP contribution in [0.4, 0.5) is 9.52 Å². The highest BCUT2D eigenvalue weighted by atomic mass is 32.2. The third-order valence-corrected chi connectivity index (χ3v) is 4.28. The van der Waals surface area contributed by atoms with Crippen molar-refractivity contribution < 1.29 is 18.7 Å². The van der Waals surface area contributed by atoms with Crippen LogP contribution in [0.3, 0.4) is 0 Å². The van der Waals surface area contributed by atoms with Crippen LogP contribution in [-0.2, 0) is 9.53 Å². The number of carbonyl (C=O) groups is 2. The van der Waals surface area contributed by atoms with Gasteiger partial charge in [0, 0.05) is 5.56 Å². The summed E-state index contributed by atoms with van der Waals surface area (Å²) < 4.78 is 18.4. The monoisotopic (exact) mass is 341 g/mol. The average Bonchev–Trinajstić information content (AvgIpc) is 2.93. The predicted octanol–water partition coefficient (Wildman–Crippen LogP) is 2.58. The van der Waals surface area contributed by atoms with Gasteiger partial charge in [-0.25, -0.2) is 4.39 Å². The molecule has 2 rings (SSSR count). The molecule has 116 valence electrons. The summed E-state index contributed by atoms with van der Waals surface area (Å²) >= 11 is 2.30.